The van der Waals surface area contributed by atoms with Crippen molar-refractivity contribution >= 4 is 45.3 Å². The van der Waals surface area contributed by atoms with E-state index in [1.165, 1.54) is 17.7 Å². The molecule has 0 aliphatic carbocycles. The van der Waals surface area contributed by atoms with E-state index in [4.69, 9.17) is 26.2 Å². The molecule has 30 heavy (non-hydrogen) atoms. The number of aliphatic hydroxyl groups is 1. The maximum atomic E-state index is 9.16. The molecule has 0 spiro atoms. The molecular formula is C21H19ClN4O3S. The van der Waals surface area contributed by atoms with Gasteiger partial charge < -0.3 is 19.9 Å². The summed E-state index contributed by atoms with van der Waals surface area (Å²) in [5.41, 5.74) is 3.30. The van der Waals surface area contributed by atoms with E-state index in [2.05, 4.69) is 20.3 Å². The summed E-state index contributed by atoms with van der Waals surface area (Å²) in [7, 11) is 1.58. The third kappa shape index (κ3) is 4.30. The first-order valence-electron chi connectivity index (χ1n) is 9.10. The molecule has 0 aliphatic rings. The molecule has 2 aromatic carbocycles. The lowest BCUT2D eigenvalue weighted by molar-refractivity contribution is 0.273. The molecule has 0 atom stereocenters. The minimum atomic E-state index is -0.0796. The summed E-state index contributed by atoms with van der Waals surface area (Å²) in [6.07, 6.45) is 1.50. The Bertz CT molecular complexity index is 1200. The van der Waals surface area contributed by atoms with E-state index < -0.39 is 0 Å². The Morgan fingerprint density at radius 1 is 1.17 bits per heavy atom. The van der Waals surface area contributed by atoms with Gasteiger partial charge in [0.05, 0.1) is 24.9 Å². The summed E-state index contributed by atoms with van der Waals surface area (Å²) in [5, 5.41) is 16.5. The zero-order valence-electron chi connectivity index (χ0n) is 16.3. The Hall–Kier alpha value is -2.94. The molecule has 0 saturated carbocycles. The van der Waals surface area contributed by atoms with Gasteiger partial charge in [0, 0.05) is 27.5 Å². The third-order valence-electron chi connectivity index (χ3n) is 4.45. The van der Waals surface area contributed by atoms with Crippen LogP contribution in [0.2, 0.25) is 5.02 Å². The molecule has 0 amide bonds. The largest absolute Gasteiger partial charge is 0.493 e. The standard InChI is InChI=1S/C21H19ClN4O3S/c1-12-5-13(3-4-16(12)22)26-21-15-6-18(28-2)19(7-17(15)23-11-24-21)29-9-14-10-30-20(8-27)25-14/h3-7,10-11,27H,8-9H2,1-2H3,(H,23,24,26). The molecule has 7 nitrogen and oxygen atoms in total. The van der Waals surface area contributed by atoms with Crippen molar-refractivity contribution in [2.24, 2.45) is 0 Å². The van der Waals surface area contributed by atoms with Crippen molar-refractivity contribution in [1.29, 1.82) is 0 Å². The molecule has 9 heteroatoms. The molecule has 0 bridgehead atoms. The molecule has 2 aromatic heterocycles. The van der Waals surface area contributed by atoms with Crippen LogP contribution in [0.15, 0.2) is 42.0 Å². The van der Waals surface area contributed by atoms with Crippen molar-refractivity contribution in [3.63, 3.8) is 0 Å². The van der Waals surface area contributed by atoms with E-state index in [9.17, 15) is 0 Å². The van der Waals surface area contributed by atoms with Crippen LogP contribution in [0.3, 0.4) is 0 Å². The van der Waals surface area contributed by atoms with E-state index in [0.29, 0.717) is 32.9 Å². The van der Waals surface area contributed by atoms with Crippen LogP contribution in [0, 0.1) is 6.92 Å². The summed E-state index contributed by atoms with van der Waals surface area (Å²) in [5.74, 6) is 1.76. The highest BCUT2D eigenvalue weighted by Crippen LogP contribution is 2.35. The summed E-state index contributed by atoms with van der Waals surface area (Å²) in [6, 6.07) is 9.35. The average molecular weight is 443 g/mol. The van der Waals surface area contributed by atoms with Crippen molar-refractivity contribution in [2.45, 2.75) is 20.1 Å². The fourth-order valence-electron chi connectivity index (χ4n) is 2.93. The smallest absolute Gasteiger partial charge is 0.163 e. The normalized spacial score (nSPS) is 10.9. The van der Waals surface area contributed by atoms with Gasteiger partial charge in [-0.3, -0.25) is 0 Å². The Balaban J connectivity index is 1.63. The lowest BCUT2D eigenvalue weighted by atomic mass is 10.2. The second-order valence-corrected chi connectivity index (χ2v) is 7.86. The quantitative estimate of drug-likeness (QED) is 0.422. The van der Waals surface area contributed by atoms with Crippen LogP contribution >= 0.6 is 22.9 Å². The SMILES string of the molecule is COc1cc2c(Nc3ccc(Cl)c(C)c3)ncnc2cc1OCc1csc(CO)n1. The minimum absolute atomic E-state index is 0.0796. The Kier molecular flexibility index (Phi) is 5.98. The van der Waals surface area contributed by atoms with Crippen LogP contribution in [0.4, 0.5) is 11.5 Å². The molecule has 2 N–H and O–H groups in total. The molecule has 0 fully saturated rings. The summed E-state index contributed by atoms with van der Waals surface area (Å²) in [4.78, 5) is 13.0. The Morgan fingerprint density at radius 2 is 2.03 bits per heavy atom. The van der Waals surface area contributed by atoms with Gasteiger partial charge in [0.1, 0.15) is 23.8 Å². The summed E-state index contributed by atoms with van der Waals surface area (Å²) < 4.78 is 11.4. The number of benzene rings is 2. The van der Waals surface area contributed by atoms with Crippen LogP contribution in [0.5, 0.6) is 11.5 Å². The van der Waals surface area contributed by atoms with Gasteiger partial charge in [0.2, 0.25) is 0 Å². The second-order valence-electron chi connectivity index (χ2n) is 6.51. The predicted molar refractivity (Wildman–Crippen MR) is 118 cm³/mol. The van der Waals surface area contributed by atoms with Crippen molar-refractivity contribution in [3.8, 4) is 11.5 Å². The maximum absolute atomic E-state index is 9.16. The van der Waals surface area contributed by atoms with Gasteiger partial charge >= 0.3 is 0 Å². The first-order chi connectivity index (χ1) is 14.6. The highest BCUT2D eigenvalue weighted by molar-refractivity contribution is 7.09. The zero-order chi connectivity index (χ0) is 21.1. The van der Waals surface area contributed by atoms with E-state index in [1.807, 2.05) is 42.6 Å². The molecular weight excluding hydrogens is 424 g/mol. The molecule has 0 unspecified atom stereocenters. The van der Waals surface area contributed by atoms with E-state index >= 15 is 0 Å². The maximum Gasteiger partial charge on any atom is 0.163 e. The summed E-state index contributed by atoms with van der Waals surface area (Å²) >= 11 is 7.51. The van der Waals surface area contributed by atoms with Gasteiger partial charge in [-0.2, -0.15) is 0 Å². The first kappa shape index (κ1) is 20.3. The molecule has 4 aromatic rings. The zero-order valence-corrected chi connectivity index (χ0v) is 17.9. The highest BCUT2D eigenvalue weighted by Gasteiger charge is 2.13. The topological polar surface area (TPSA) is 89.4 Å². The van der Waals surface area contributed by atoms with Gasteiger partial charge in [0.15, 0.2) is 11.5 Å². The molecule has 154 valence electrons. The fraction of sp³-hybridized carbons (Fsp3) is 0.190. The molecule has 0 radical (unpaired) electrons. The number of aliphatic hydroxyl groups excluding tert-OH is 1. The number of thiazole rings is 1. The molecule has 4 rings (SSSR count). The number of aromatic nitrogens is 3. The predicted octanol–water partition coefficient (Wildman–Crippen LogP) is 4.87. The minimum Gasteiger partial charge on any atom is -0.493 e. The number of hydrogen-bond acceptors (Lipinski definition) is 8. The van der Waals surface area contributed by atoms with Crippen LogP contribution in [-0.2, 0) is 13.2 Å². The summed E-state index contributed by atoms with van der Waals surface area (Å²) in [6.45, 7) is 2.13. The van der Waals surface area contributed by atoms with Gasteiger partial charge in [-0.05, 0) is 36.8 Å². The van der Waals surface area contributed by atoms with Crippen LogP contribution in [0.1, 0.15) is 16.3 Å². The molecule has 0 saturated heterocycles. The number of hydrogen-bond donors (Lipinski definition) is 2. The van der Waals surface area contributed by atoms with Gasteiger partial charge in [-0.15, -0.1) is 11.3 Å². The van der Waals surface area contributed by atoms with Crippen LogP contribution in [-0.4, -0.2) is 27.2 Å². The van der Waals surface area contributed by atoms with Crippen molar-refractivity contribution in [2.75, 3.05) is 12.4 Å². The lowest BCUT2D eigenvalue weighted by Crippen LogP contribution is -2.01. The number of nitrogens with one attached hydrogen (secondary N) is 1. The number of halogens is 1. The third-order valence-corrected chi connectivity index (χ3v) is 5.76. The van der Waals surface area contributed by atoms with Crippen molar-refractivity contribution in [1.82, 2.24) is 15.0 Å². The Morgan fingerprint density at radius 3 is 2.77 bits per heavy atom. The number of ether oxygens (including phenoxy) is 2. The number of aryl methyl sites for hydroxylation is 1. The monoisotopic (exact) mass is 442 g/mol. The van der Waals surface area contributed by atoms with Crippen LogP contribution in [0.25, 0.3) is 10.9 Å². The van der Waals surface area contributed by atoms with Crippen LogP contribution < -0.4 is 14.8 Å². The highest BCUT2D eigenvalue weighted by atomic mass is 35.5. The first-order valence-corrected chi connectivity index (χ1v) is 10.4. The van der Waals surface area contributed by atoms with E-state index in [1.54, 1.807) is 7.11 Å². The number of methoxy groups -OCH3 is 1. The van der Waals surface area contributed by atoms with E-state index in [0.717, 1.165) is 22.3 Å². The average Bonchev–Trinajstić information content (AvgIpc) is 3.22. The van der Waals surface area contributed by atoms with Gasteiger partial charge in [-0.1, -0.05) is 11.6 Å². The molecule has 0 aliphatic heterocycles. The second kappa shape index (κ2) is 8.83. The fourth-order valence-corrected chi connectivity index (χ4v) is 3.69. The van der Waals surface area contributed by atoms with E-state index in [-0.39, 0.29) is 13.2 Å². The number of anilines is 2. The number of nitrogens with zero attached hydrogens (tertiary/aromatic N) is 3. The van der Waals surface area contributed by atoms with Gasteiger partial charge in [-0.25, -0.2) is 15.0 Å². The molecule has 2 heterocycles. The van der Waals surface area contributed by atoms with Gasteiger partial charge in [0.25, 0.3) is 0 Å². The number of rotatable bonds is 7. The van der Waals surface area contributed by atoms with Crippen molar-refractivity contribution in [3.05, 3.63) is 63.3 Å². The van der Waals surface area contributed by atoms with Crippen molar-refractivity contribution < 1.29 is 14.6 Å². The Labute approximate surface area is 182 Å². The lowest BCUT2D eigenvalue weighted by Gasteiger charge is -2.13. The number of fused-ring (bicyclic) bond motifs is 1.